The fraction of sp³-hybridized carbons (Fsp3) is 0.846. The van der Waals surface area contributed by atoms with Gasteiger partial charge in [0.05, 0.1) is 6.54 Å². The molecule has 0 aliphatic heterocycles. The lowest BCUT2D eigenvalue weighted by molar-refractivity contribution is -0.137. The van der Waals surface area contributed by atoms with Gasteiger partial charge in [-0.05, 0) is 12.5 Å². The Morgan fingerprint density at radius 1 is 1.17 bits per heavy atom. The normalized spacial score (nSPS) is 12.3. The highest BCUT2D eigenvalue weighted by molar-refractivity contribution is 5.85. The highest BCUT2D eigenvalue weighted by atomic mass is 16.2. The maximum absolute atomic E-state index is 11.9. The average molecular weight is 257 g/mol. The molecule has 0 aliphatic carbocycles. The minimum Gasteiger partial charge on any atom is -0.354 e. The van der Waals surface area contributed by atoms with Gasteiger partial charge in [0.15, 0.2) is 0 Å². The maximum Gasteiger partial charge on any atom is 0.239 e. The Morgan fingerprint density at radius 2 is 1.78 bits per heavy atom. The lowest BCUT2D eigenvalue weighted by atomic mass is 10.1. The maximum atomic E-state index is 11.9. The number of carbonyl (C=O) groups excluding carboxylic acids is 2. The molecule has 0 radical (unpaired) electrons. The Hall–Kier alpha value is -1.10. The van der Waals surface area contributed by atoms with Crippen molar-refractivity contribution >= 4 is 11.8 Å². The van der Waals surface area contributed by atoms with Gasteiger partial charge in [-0.15, -0.1) is 0 Å². The Morgan fingerprint density at radius 3 is 2.28 bits per heavy atom. The molecule has 106 valence electrons. The summed E-state index contributed by atoms with van der Waals surface area (Å²) < 4.78 is 0. The molecule has 0 rings (SSSR count). The van der Waals surface area contributed by atoms with Crippen molar-refractivity contribution in [3.63, 3.8) is 0 Å². The molecular formula is C13H27N3O2. The van der Waals surface area contributed by atoms with Crippen molar-refractivity contribution in [1.82, 2.24) is 15.5 Å². The summed E-state index contributed by atoms with van der Waals surface area (Å²) in [5, 5.41) is 5.93. The molecule has 0 bridgehead atoms. The van der Waals surface area contributed by atoms with E-state index in [4.69, 9.17) is 0 Å². The van der Waals surface area contributed by atoms with Crippen LogP contribution >= 0.6 is 0 Å². The van der Waals surface area contributed by atoms with Crippen LogP contribution in [0.1, 0.15) is 27.7 Å². The Bertz CT molecular complexity index is 267. The summed E-state index contributed by atoms with van der Waals surface area (Å²) in [6.45, 7) is 10.2. The molecule has 2 N–H and O–H groups in total. The van der Waals surface area contributed by atoms with E-state index < -0.39 is 0 Å². The van der Waals surface area contributed by atoms with Crippen LogP contribution in [0.4, 0.5) is 0 Å². The zero-order valence-electron chi connectivity index (χ0n) is 12.2. The molecule has 5 heteroatoms. The molecule has 0 aromatic heterocycles. The number of hydrogen-bond donors (Lipinski definition) is 2. The molecule has 0 spiro atoms. The molecular weight excluding hydrogens is 230 g/mol. The van der Waals surface area contributed by atoms with Gasteiger partial charge in [0.25, 0.3) is 0 Å². The van der Waals surface area contributed by atoms with Gasteiger partial charge in [0, 0.05) is 26.1 Å². The molecule has 1 atom stereocenters. The van der Waals surface area contributed by atoms with Crippen LogP contribution in [0.5, 0.6) is 0 Å². The first-order valence-electron chi connectivity index (χ1n) is 6.60. The number of nitrogens with zero attached hydrogens (tertiary/aromatic N) is 1. The standard InChI is InChI=1S/C13H27N3O2/c1-6-14-8-11(4)13(18)16(5)9-12(17)15-7-10(2)3/h10-11,14H,6-9H2,1-5H3,(H,15,17). The highest BCUT2D eigenvalue weighted by Gasteiger charge is 2.18. The predicted molar refractivity (Wildman–Crippen MR) is 73.2 cm³/mol. The van der Waals surface area contributed by atoms with E-state index in [1.807, 2.05) is 27.7 Å². The quantitative estimate of drug-likeness (QED) is 0.664. The predicted octanol–water partition coefficient (Wildman–Crippen LogP) is 0.463. The van der Waals surface area contributed by atoms with Gasteiger partial charge < -0.3 is 15.5 Å². The molecule has 5 nitrogen and oxygen atoms in total. The third-order valence-corrected chi connectivity index (χ3v) is 2.59. The summed E-state index contributed by atoms with van der Waals surface area (Å²) in [5.74, 6) is 0.210. The molecule has 0 saturated heterocycles. The molecule has 18 heavy (non-hydrogen) atoms. The Labute approximate surface area is 110 Å². The fourth-order valence-corrected chi connectivity index (χ4v) is 1.49. The summed E-state index contributed by atoms with van der Waals surface area (Å²) in [6, 6.07) is 0. The van der Waals surface area contributed by atoms with Crippen molar-refractivity contribution in [3.8, 4) is 0 Å². The van der Waals surface area contributed by atoms with Crippen molar-refractivity contribution < 1.29 is 9.59 Å². The number of rotatable bonds is 8. The first kappa shape index (κ1) is 16.9. The Balaban J connectivity index is 4.02. The number of amides is 2. The van der Waals surface area contributed by atoms with Crippen LogP contribution in [-0.2, 0) is 9.59 Å². The SMILES string of the molecule is CCNCC(C)C(=O)N(C)CC(=O)NCC(C)C. The summed E-state index contributed by atoms with van der Waals surface area (Å²) >= 11 is 0. The van der Waals surface area contributed by atoms with Crippen LogP contribution in [0.25, 0.3) is 0 Å². The van der Waals surface area contributed by atoms with E-state index in [1.165, 1.54) is 4.90 Å². The number of hydrogen-bond acceptors (Lipinski definition) is 3. The first-order valence-corrected chi connectivity index (χ1v) is 6.60. The van der Waals surface area contributed by atoms with Crippen molar-refractivity contribution in [2.75, 3.05) is 33.2 Å². The van der Waals surface area contributed by atoms with E-state index in [-0.39, 0.29) is 24.3 Å². The second-order valence-electron chi connectivity index (χ2n) is 5.10. The third kappa shape index (κ3) is 7.27. The van der Waals surface area contributed by atoms with E-state index in [0.717, 1.165) is 6.54 Å². The molecule has 2 amide bonds. The van der Waals surface area contributed by atoms with Crippen LogP contribution in [0, 0.1) is 11.8 Å². The minimum absolute atomic E-state index is 0.00403. The molecule has 1 unspecified atom stereocenters. The van der Waals surface area contributed by atoms with E-state index >= 15 is 0 Å². The van der Waals surface area contributed by atoms with E-state index in [2.05, 4.69) is 10.6 Å². The first-order chi connectivity index (χ1) is 8.38. The van der Waals surface area contributed by atoms with Crippen LogP contribution in [0.3, 0.4) is 0 Å². The number of nitrogens with one attached hydrogen (secondary N) is 2. The molecule has 0 aromatic rings. The van der Waals surface area contributed by atoms with Crippen LogP contribution in [0.15, 0.2) is 0 Å². The fourth-order valence-electron chi connectivity index (χ4n) is 1.49. The van der Waals surface area contributed by atoms with Crippen molar-refractivity contribution in [2.24, 2.45) is 11.8 Å². The smallest absolute Gasteiger partial charge is 0.239 e. The molecule has 0 aliphatic rings. The van der Waals surface area contributed by atoms with Gasteiger partial charge in [-0.3, -0.25) is 9.59 Å². The summed E-state index contributed by atoms with van der Waals surface area (Å²) in [5.41, 5.74) is 0. The van der Waals surface area contributed by atoms with Gasteiger partial charge in [-0.1, -0.05) is 27.7 Å². The third-order valence-electron chi connectivity index (χ3n) is 2.59. The zero-order valence-corrected chi connectivity index (χ0v) is 12.2. The second-order valence-corrected chi connectivity index (χ2v) is 5.10. The second kappa shape index (κ2) is 8.91. The monoisotopic (exact) mass is 257 g/mol. The van der Waals surface area contributed by atoms with Gasteiger partial charge in [0.2, 0.25) is 11.8 Å². The lowest BCUT2D eigenvalue weighted by Crippen LogP contribution is -2.43. The summed E-state index contributed by atoms with van der Waals surface area (Å²) in [6.07, 6.45) is 0. The van der Waals surface area contributed by atoms with Gasteiger partial charge in [-0.2, -0.15) is 0 Å². The molecule has 0 aromatic carbocycles. The molecule has 0 heterocycles. The zero-order chi connectivity index (χ0) is 14.1. The molecule has 0 saturated carbocycles. The molecule has 0 fully saturated rings. The highest BCUT2D eigenvalue weighted by Crippen LogP contribution is 1.99. The van der Waals surface area contributed by atoms with Gasteiger partial charge >= 0.3 is 0 Å². The number of likely N-dealkylation sites (N-methyl/N-ethyl adjacent to an activating group) is 1. The number of carbonyl (C=O) groups is 2. The van der Waals surface area contributed by atoms with Crippen LogP contribution in [0.2, 0.25) is 0 Å². The Kier molecular flexibility index (Phi) is 8.37. The van der Waals surface area contributed by atoms with Crippen molar-refractivity contribution in [3.05, 3.63) is 0 Å². The van der Waals surface area contributed by atoms with Gasteiger partial charge in [-0.25, -0.2) is 0 Å². The van der Waals surface area contributed by atoms with Gasteiger partial charge in [0.1, 0.15) is 0 Å². The van der Waals surface area contributed by atoms with Crippen molar-refractivity contribution in [1.29, 1.82) is 0 Å². The topological polar surface area (TPSA) is 61.4 Å². The largest absolute Gasteiger partial charge is 0.354 e. The lowest BCUT2D eigenvalue weighted by Gasteiger charge is -2.21. The summed E-state index contributed by atoms with van der Waals surface area (Å²) in [4.78, 5) is 25.0. The summed E-state index contributed by atoms with van der Waals surface area (Å²) in [7, 11) is 1.67. The van der Waals surface area contributed by atoms with E-state index in [1.54, 1.807) is 7.05 Å². The average Bonchev–Trinajstić information content (AvgIpc) is 2.32. The minimum atomic E-state index is -0.104. The van der Waals surface area contributed by atoms with Crippen LogP contribution < -0.4 is 10.6 Å². The van der Waals surface area contributed by atoms with Crippen molar-refractivity contribution in [2.45, 2.75) is 27.7 Å². The van der Waals surface area contributed by atoms with E-state index in [0.29, 0.717) is 19.0 Å². The van der Waals surface area contributed by atoms with Crippen LogP contribution in [-0.4, -0.2) is 49.9 Å². The van der Waals surface area contributed by atoms with E-state index in [9.17, 15) is 9.59 Å².